The molecular formula is C24H31N2O3+. The van der Waals surface area contributed by atoms with Gasteiger partial charge in [0.05, 0.1) is 20.6 Å². The van der Waals surface area contributed by atoms with Crippen molar-refractivity contribution in [3.05, 3.63) is 65.7 Å². The minimum Gasteiger partial charge on any atom is -0.484 e. The summed E-state index contributed by atoms with van der Waals surface area (Å²) in [5, 5.41) is 3.06. The van der Waals surface area contributed by atoms with Crippen LogP contribution in [0.4, 0.5) is 0 Å². The van der Waals surface area contributed by atoms with Crippen LogP contribution in [-0.2, 0) is 4.79 Å². The summed E-state index contributed by atoms with van der Waals surface area (Å²) in [4.78, 5) is 26.1. The van der Waals surface area contributed by atoms with Crippen molar-refractivity contribution >= 4 is 11.7 Å². The largest absolute Gasteiger partial charge is 0.484 e. The fourth-order valence-electron chi connectivity index (χ4n) is 4.01. The highest BCUT2D eigenvalue weighted by Crippen LogP contribution is 2.24. The highest BCUT2D eigenvalue weighted by Gasteiger charge is 2.38. The predicted octanol–water partition coefficient (Wildman–Crippen LogP) is 2.26. The summed E-state index contributed by atoms with van der Waals surface area (Å²) in [5.41, 5.74) is 1.38. The average molecular weight is 396 g/mol. The first-order valence-electron chi connectivity index (χ1n) is 10.4. The second kappa shape index (κ2) is 9.70. The fourth-order valence-corrected chi connectivity index (χ4v) is 4.01. The van der Waals surface area contributed by atoms with E-state index in [0.29, 0.717) is 23.4 Å². The molecule has 0 unspecified atom stereocenters. The molecule has 0 spiro atoms. The summed E-state index contributed by atoms with van der Waals surface area (Å²) < 4.78 is 5.61. The Kier molecular flexibility index (Phi) is 7.04. The summed E-state index contributed by atoms with van der Waals surface area (Å²) in [7, 11) is 4.35. The minimum absolute atomic E-state index is 0.0230. The van der Waals surface area contributed by atoms with E-state index < -0.39 is 0 Å². The lowest BCUT2D eigenvalue weighted by Gasteiger charge is -2.39. The second-order valence-electron chi connectivity index (χ2n) is 8.13. The van der Waals surface area contributed by atoms with Gasteiger partial charge in [0.1, 0.15) is 11.3 Å². The number of ketones is 1. The molecule has 0 radical (unpaired) electrons. The van der Waals surface area contributed by atoms with Gasteiger partial charge in [-0.05, 0) is 37.1 Å². The number of nitrogens with one attached hydrogen (secondary N) is 2. The first kappa shape index (κ1) is 21.1. The van der Waals surface area contributed by atoms with Gasteiger partial charge >= 0.3 is 0 Å². The third-order valence-corrected chi connectivity index (χ3v) is 6.02. The van der Waals surface area contributed by atoms with Gasteiger partial charge in [-0.15, -0.1) is 0 Å². The van der Waals surface area contributed by atoms with Gasteiger partial charge in [0.2, 0.25) is 0 Å². The van der Waals surface area contributed by atoms with Crippen LogP contribution in [0.1, 0.15) is 48.0 Å². The third kappa shape index (κ3) is 5.45. The molecule has 3 rings (SSSR count). The Morgan fingerprint density at radius 1 is 0.931 bits per heavy atom. The number of ether oxygens (including phenoxy) is 1. The SMILES string of the molecule is C[NH+](C)C1(CNC(=O)COc2ccc(C(=O)c3ccccc3)cc2)CCCCC1. The molecule has 0 aliphatic heterocycles. The summed E-state index contributed by atoms with van der Waals surface area (Å²) in [6.45, 7) is 0.660. The molecule has 0 bridgehead atoms. The van der Waals surface area contributed by atoms with E-state index in [4.69, 9.17) is 4.74 Å². The van der Waals surface area contributed by atoms with E-state index in [1.807, 2.05) is 18.2 Å². The molecule has 0 saturated heterocycles. The first-order chi connectivity index (χ1) is 14.0. The summed E-state index contributed by atoms with van der Waals surface area (Å²) >= 11 is 0. The van der Waals surface area contributed by atoms with Crippen molar-refractivity contribution in [2.45, 2.75) is 37.6 Å². The van der Waals surface area contributed by atoms with Crippen LogP contribution in [0.15, 0.2) is 54.6 Å². The molecule has 1 aliphatic carbocycles. The maximum absolute atomic E-state index is 12.4. The molecule has 29 heavy (non-hydrogen) atoms. The number of hydrogen-bond donors (Lipinski definition) is 2. The summed E-state index contributed by atoms with van der Waals surface area (Å²) in [5.74, 6) is 0.440. The van der Waals surface area contributed by atoms with Gasteiger partial charge in [0.25, 0.3) is 5.91 Å². The van der Waals surface area contributed by atoms with Crippen molar-refractivity contribution in [2.75, 3.05) is 27.2 Å². The Balaban J connectivity index is 1.49. The highest BCUT2D eigenvalue weighted by atomic mass is 16.5. The lowest BCUT2D eigenvalue weighted by molar-refractivity contribution is -0.916. The number of carbonyl (C=O) groups excluding carboxylic acids is 2. The van der Waals surface area contributed by atoms with Crippen LogP contribution in [-0.4, -0.2) is 44.5 Å². The molecule has 2 aromatic rings. The predicted molar refractivity (Wildman–Crippen MR) is 113 cm³/mol. The van der Waals surface area contributed by atoms with Crippen LogP contribution in [0.3, 0.4) is 0 Å². The average Bonchev–Trinajstić information content (AvgIpc) is 2.77. The zero-order chi connectivity index (χ0) is 20.7. The number of quaternary nitrogens is 1. The number of carbonyl (C=O) groups is 2. The molecule has 2 N–H and O–H groups in total. The number of hydrogen-bond acceptors (Lipinski definition) is 3. The lowest BCUT2D eigenvalue weighted by Crippen LogP contribution is -3.16. The van der Waals surface area contributed by atoms with E-state index in [9.17, 15) is 9.59 Å². The Bertz CT molecular complexity index is 810. The lowest BCUT2D eigenvalue weighted by atomic mass is 9.80. The van der Waals surface area contributed by atoms with E-state index in [1.165, 1.54) is 24.2 Å². The number of rotatable bonds is 8. The van der Waals surface area contributed by atoms with Crippen LogP contribution < -0.4 is 15.0 Å². The topological polar surface area (TPSA) is 59.8 Å². The van der Waals surface area contributed by atoms with E-state index in [0.717, 1.165) is 12.8 Å². The van der Waals surface area contributed by atoms with Crippen molar-refractivity contribution < 1.29 is 19.2 Å². The molecule has 0 atom stereocenters. The molecule has 1 fully saturated rings. The first-order valence-corrected chi connectivity index (χ1v) is 10.4. The normalized spacial score (nSPS) is 15.7. The molecular weight excluding hydrogens is 364 g/mol. The van der Waals surface area contributed by atoms with E-state index >= 15 is 0 Å². The molecule has 0 aromatic heterocycles. The summed E-state index contributed by atoms with van der Waals surface area (Å²) in [6, 6.07) is 16.1. The number of amides is 1. The smallest absolute Gasteiger partial charge is 0.258 e. The van der Waals surface area contributed by atoms with Gasteiger partial charge in [-0.25, -0.2) is 0 Å². The number of benzene rings is 2. The van der Waals surface area contributed by atoms with Gasteiger partial charge in [-0.1, -0.05) is 36.8 Å². The molecule has 5 nitrogen and oxygen atoms in total. The number of likely N-dealkylation sites (N-methyl/N-ethyl adjacent to an activating group) is 1. The Labute approximate surface area is 173 Å². The highest BCUT2D eigenvalue weighted by molar-refractivity contribution is 6.08. The maximum atomic E-state index is 12.4. The molecule has 1 saturated carbocycles. The standard InChI is InChI=1S/C24H30N2O3/c1-26(2)24(15-7-4-8-16-24)18-25-22(27)17-29-21-13-11-20(12-14-21)23(28)19-9-5-3-6-10-19/h3,5-6,9-14H,4,7-8,15-18H2,1-2H3,(H,25,27)/p+1. The van der Waals surface area contributed by atoms with Crippen molar-refractivity contribution in [3.63, 3.8) is 0 Å². The van der Waals surface area contributed by atoms with Crippen molar-refractivity contribution in [1.29, 1.82) is 0 Å². The Morgan fingerprint density at radius 3 is 2.17 bits per heavy atom. The van der Waals surface area contributed by atoms with Crippen molar-refractivity contribution in [3.8, 4) is 5.75 Å². The zero-order valence-corrected chi connectivity index (χ0v) is 17.4. The fraction of sp³-hybridized carbons (Fsp3) is 0.417. The summed E-state index contributed by atoms with van der Waals surface area (Å²) in [6.07, 6.45) is 6.03. The van der Waals surface area contributed by atoms with Gasteiger partial charge < -0.3 is 15.0 Å². The van der Waals surface area contributed by atoms with Crippen LogP contribution in [0.25, 0.3) is 0 Å². The maximum Gasteiger partial charge on any atom is 0.258 e. The van der Waals surface area contributed by atoms with Gasteiger partial charge in [0.15, 0.2) is 12.4 Å². The van der Waals surface area contributed by atoms with Crippen LogP contribution >= 0.6 is 0 Å². The molecule has 1 aliphatic rings. The van der Waals surface area contributed by atoms with Gasteiger partial charge in [-0.2, -0.15) is 0 Å². The van der Waals surface area contributed by atoms with E-state index in [-0.39, 0.29) is 23.8 Å². The molecule has 0 heterocycles. The quantitative estimate of drug-likeness (QED) is 0.674. The van der Waals surface area contributed by atoms with Gasteiger partial charge in [0, 0.05) is 24.0 Å². The Hall–Kier alpha value is -2.66. The minimum atomic E-state index is -0.111. The second-order valence-corrected chi connectivity index (χ2v) is 8.13. The molecule has 154 valence electrons. The van der Waals surface area contributed by atoms with Crippen LogP contribution in [0.5, 0.6) is 5.75 Å². The zero-order valence-electron chi connectivity index (χ0n) is 17.4. The van der Waals surface area contributed by atoms with Crippen molar-refractivity contribution in [1.82, 2.24) is 5.32 Å². The van der Waals surface area contributed by atoms with Crippen LogP contribution in [0, 0.1) is 0 Å². The Morgan fingerprint density at radius 2 is 1.55 bits per heavy atom. The van der Waals surface area contributed by atoms with Crippen LogP contribution in [0.2, 0.25) is 0 Å². The van der Waals surface area contributed by atoms with E-state index in [2.05, 4.69) is 19.4 Å². The third-order valence-electron chi connectivity index (χ3n) is 6.02. The monoisotopic (exact) mass is 395 g/mol. The van der Waals surface area contributed by atoms with E-state index in [1.54, 1.807) is 36.4 Å². The van der Waals surface area contributed by atoms with Crippen molar-refractivity contribution in [2.24, 2.45) is 0 Å². The molecule has 1 amide bonds. The molecule has 2 aromatic carbocycles. The molecule has 5 heteroatoms. The van der Waals surface area contributed by atoms with Gasteiger partial charge in [-0.3, -0.25) is 9.59 Å².